The summed E-state index contributed by atoms with van der Waals surface area (Å²) in [7, 11) is 2.08. The standard InChI is InChI=1S/C23H31N7/c1-16-14-30(15-24-16)20-19(17-10-8-7-9-11-17)25-21(27-26-20)29(6)18-12-22(2,3)28-23(4,5)13-18/h7-11,14-15,18,28H,12-13H2,1-6H3. The Morgan fingerprint density at radius 2 is 1.70 bits per heavy atom. The molecular formula is C23H31N7. The minimum Gasteiger partial charge on any atom is -0.339 e. The third-order valence-electron chi connectivity index (χ3n) is 5.69. The van der Waals surface area contributed by atoms with E-state index >= 15 is 0 Å². The second-order valence-electron chi connectivity index (χ2n) is 9.64. The van der Waals surface area contributed by atoms with Crippen LogP contribution in [0.4, 0.5) is 5.95 Å². The molecule has 1 fully saturated rings. The number of hydrogen-bond acceptors (Lipinski definition) is 6. The summed E-state index contributed by atoms with van der Waals surface area (Å²) in [6.07, 6.45) is 5.73. The van der Waals surface area contributed by atoms with E-state index in [-0.39, 0.29) is 11.1 Å². The van der Waals surface area contributed by atoms with Gasteiger partial charge >= 0.3 is 0 Å². The Balaban J connectivity index is 1.74. The van der Waals surface area contributed by atoms with Gasteiger partial charge in [-0.05, 0) is 47.5 Å². The second-order valence-corrected chi connectivity index (χ2v) is 9.64. The molecule has 4 rings (SSSR count). The van der Waals surface area contributed by atoms with E-state index in [0.29, 0.717) is 17.8 Å². The molecule has 158 valence electrons. The summed E-state index contributed by atoms with van der Waals surface area (Å²) in [4.78, 5) is 11.5. The molecule has 0 unspecified atom stereocenters. The fourth-order valence-electron chi connectivity index (χ4n) is 4.67. The molecule has 1 aliphatic rings. The number of piperidine rings is 1. The molecule has 1 N–H and O–H groups in total. The molecule has 2 aromatic heterocycles. The van der Waals surface area contributed by atoms with Crippen molar-refractivity contribution in [3.05, 3.63) is 48.5 Å². The summed E-state index contributed by atoms with van der Waals surface area (Å²) in [6.45, 7) is 11.0. The molecule has 0 saturated carbocycles. The fourth-order valence-corrected chi connectivity index (χ4v) is 4.67. The third-order valence-corrected chi connectivity index (χ3v) is 5.69. The summed E-state index contributed by atoms with van der Waals surface area (Å²) in [5.41, 5.74) is 2.83. The van der Waals surface area contributed by atoms with E-state index in [1.54, 1.807) is 6.33 Å². The van der Waals surface area contributed by atoms with Gasteiger partial charge < -0.3 is 10.2 Å². The molecule has 3 heterocycles. The lowest BCUT2D eigenvalue weighted by atomic mass is 9.79. The zero-order valence-electron chi connectivity index (χ0n) is 18.7. The predicted octanol–water partition coefficient (Wildman–Crippen LogP) is 3.78. The van der Waals surface area contributed by atoms with E-state index in [4.69, 9.17) is 4.98 Å². The molecule has 7 nitrogen and oxygen atoms in total. The largest absolute Gasteiger partial charge is 0.339 e. The van der Waals surface area contributed by atoms with Crippen LogP contribution < -0.4 is 10.2 Å². The first kappa shape index (κ1) is 20.5. The minimum atomic E-state index is 0.0463. The molecule has 0 atom stereocenters. The Morgan fingerprint density at radius 3 is 2.30 bits per heavy atom. The first-order chi connectivity index (χ1) is 14.1. The van der Waals surface area contributed by atoms with Gasteiger partial charge in [-0.2, -0.15) is 0 Å². The molecule has 7 heteroatoms. The van der Waals surface area contributed by atoms with E-state index < -0.39 is 0 Å². The number of anilines is 1. The highest BCUT2D eigenvalue weighted by molar-refractivity contribution is 5.67. The first-order valence-electron chi connectivity index (χ1n) is 10.5. The van der Waals surface area contributed by atoms with Crippen LogP contribution in [0.3, 0.4) is 0 Å². The van der Waals surface area contributed by atoms with Crippen molar-refractivity contribution in [3.63, 3.8) is 0 Å². The Morgan fingerprint density at radius 1 is 1.03 bits per heavy atom. The van der Waals surface area contributed by atoms with Gasteiger partial charge in [-0.1, -0.05) is 30.3 Å². The number of rotatable bonds is 4. The summed E-state index contributed by atoms with van der Waals surface area (Å²) < 4.78 is 1.89. The highest BCUT2D eigenvalue weighted by Gasteiger charge is 2.39. The zero-order valence-corrected chi connectivity index (χ0v) is 18.7. The van der Waals surface area contributed by atoms with Crippen molar-refractivity contribution < 1.29 is 0 Å². The summed E-state index contributed by atoms with van der Waals surface area (Å²) in [5.74, 6) is 1.33. The topological polar surface area (TPSA) is 71.8 Å². The van der Waals surface area contributed by atoms with Gasteiger partial charge in [-0.15, -0.1) is 10.2 Å². The van der Waals surface area contributed by atoms with E-state index in [9.17, 15) is 0 Å². The highest BCUT2D eigenvalue weighted by atomic mass is 15.4. The van der Waals surface area contributed by atoms with Crippen LogP contribution in [0.2, 0.25) is 0 Å². The summed E-state index contributed by atoms with van der Waals surface area (Å²) in [5, 5.41) is 12.8. The van der Waals surface area contributed by atoms with Crippen molar-refractivity contribution >= 4 is 5.95 Å². The lowest BCUT2D eigenvalue weighted by Crippen LogP contribution is -2.62. The summed E-state index contributed by atoms with van der Waals surface area (Å²) in [6, 6.07) is 10.5. The lowest BCUT2D eigenvalue weighted by Gasteiger charge is -2.48. The van der Waals surface area contributed by atoms with Gasteiger partial charge in [0, 0.05) is 35.9 Å². The van der Waals surface area contributed by atoms with Crippen LogP contribution in [0.15, 0.2) is 42.9 Å². The van der Waals surface area contributed by atoms with Crippen LogP contribution in [0.5, 0.6) is 0 Å². The van der Waals surface area contributed by atoms with Crippen molar-refractivity contribution in [3.8, 4) is 17.1 Å². The average Bonchev–Trinajstić information content (AvgIpc) is 3.11. The number of nitrogens with one attached hydrogen (secondary N) is 1. The van der Waals surface area contributed by atoms with Gasteiger partial charge in [-0.3, -0.25) is 4.57 Å². The van der Waals surface area contributed by atoms with Gasteiger partial charge in [0.05, 0.1) is 5.69 Å². The number of nitrogens with zero attached hydrogens (tertiary/aromatic N) is 6. The molecule has 1 aromatic carbocycles. The smallest absolute Gasteiger partial charge is 0.246 e. The molecule has 0 amide bonds. The molecule has 0 bridgehead atoms. The second kappa shape index (κ2) is 7.47. The van der Waals surface area contributed by atoms with E-state index in [0.717, 1.165) is 29.8 Å². The number of benzene rings is 1. The van der Waals surface area contributed by atoms with E-state index in [2.05, 4.69) is 72.3 Å². The van der Waals surface area contributed by atoms with Crippen molar-refractivity contribution in [2.45, 2.75) is 64.6 Å². The maximum Gasteiger partial charge on any atom is 0.246 e. The molecule has 0 radical (unpaired) electrons. The van der Waals surface area contributed by atoms with E-state index in [1.807, 2.05) is 35.9 Å². The quantitative estimate of drug-likeness (QED) is 0.712. The van der Waals surface area contributed by atoms with Crippen LogP contribution in [-0.4, -0.2) is 48.9 Å². The van der Waals surface area contributed by atoms with Gasteiger partial charge in [-0.25, -0.2) is 9.97 Å². The van der Waals surface area contributed by atoms with Gasteiger partial charge in [0.25, 0.3) is 0 Å². The molecule has 1 saturated heterocycles. The van der Waals surface area contributed by atoms with Crippen molar-refractivity contribution in [1.29, 1.82) is 0 Å². The average molecular weight is 406 g/mol. The highest BCUT2D eigenvalue weighted by Crippen LogP contribution is 2.33. The van der Waals surface area contributed by atoms with Crippen LogP contribution in [0.25, 0.3) is 17.1 Å². The Bertz CT molecular complexity index is 1010. The molecule has 30 heavy (non-hydrogen) atoms. The molecular weight excluding hydrogens is 374 g/mol. The monoisotopic (exact) mass is 405 g/mol. The van der Waals surface area contributed by atoms with Crippen molar-refractivity contribution in [2.75, 3.05) is 11.9 Å². The van der Waals surface area contributed by atoms with Crippen LogP contribution >= 0.6 is 0 Å². The van der Waals surface area contributed by atoms with Crippen LogP contribution in [0.1, 0.15) is 46.2 Å². The third kappa shape index (κ3) is 4.21. The summed E-state index contributed by atoms with van der Waals surface area (Å²) >= 11 is 0. The Labute approximate surface area is 178 Å². The zero-order chi connectivity index (χ0) is 21.5. The SMILES string of the molecule is Cc1cn(-c2nnc(N(C)C3CC(C)(C)NC(C)(C)C3)nc2-c2ccccc2)cn1. The minimum absolute atomic E-state index is 0.0463. The maximum absolute atomic E-state index is 4.98. The predicted molar refractivity (Wildman–Crippen MR) is 120 cm³/mol. The van der Waals surface area contributed by atoms with Crippen molar-refractivity contribution in [2.24, 2.45) is 0 Å². The lowest BCUT2D eigenvalue weighted by molar-refractivity contribution is 0.160. The molecule has 3 aromatic rings. The fraction of sp³-hybridized carbons (Fsp3) is 0.478. The first-order valence-corrected chi connectivity index (χ1v) is 10.5. The van der Waals surface area contributed by atoms with Gasteiger partial charge in [0.15, 0.2) is 5.82 Å². The Kier molecular flexibility index (Phi) is 5.10. The maximum atomic E-state index is 4.98. The molecule has 0 aliphatic carbocycles. The van der Waals surface area contributed by atoms with Crippen molar-refractivity contribution in [1.82, 2.24) is 30.0 Å². The van der Waals surface area contributed by atoms with Gasteiger partial charge in [0.1, 0.15) is 12.0 Å². The number of aryl methyl sites for hydroxylation is 1. The van der Waals surface area contributed by atoms with Crippen LogP contribution in [-0.2, 0) is 0 Å². The number of hydrogen-bond donors (Lipinski definition) is 1. The molecule has 0 spiro atoms. The number of aromatic nitrogens is 5. The van der Waals surface area contributed by atoms with Gasteiger partial charge in [0.2, 0.25) is 5.95 Å². The molecule has 1 aliphatic heterocycles. The van der Waals surface area contributed by atoms with E-state index in [1.165, 1.54) is 0 Å². The van der Waals surface area contributed by atoms with Crippen LogP contribution in [0, 0.1) is 6.92 Å². The normalized spacial score (nSPS) is 18.3. The number of imidazole rings is 1. The Hall–Kier alpha value is -2.80.